The Bertz CT molecular complexity index is 1940. The highest BCUT2D eigenvalue weighted by atomic mass is 79.9. The van der Waals surface area contributed by atoms with Gasteiger partial charge in [0.15, 0.2) is 16.3 Å². The fraction of sp³-hybridized carbons (Fsp3) is 0.219. The second kappa shape index (κ2) is 14.0. The van der Waals surface area contributed by atoms with E-state index in [-0.39, 0.29) is 17.7 Å². The van der Waals surface area contributed by atoms with Crippen LogP contribution in [-0.4, -0.2) is 30.9 Å². The van der Waals surface area contributed by atoms with Gasteiger partial charge in [0.25, 0.3) is 5.56 Å². The van der Waals surface area contributed by atoms with Crippen LogP contribution in [0.1, 0.15) is 36.6 Å². The van der Waals surface area contributed by atoms with E-state index < -0.39 is 12.0 Å². The molecule has 12 heteroatoms. The van der Waals surface area contributed by atoms with Gasteiger partial charge in [-0.25, -0.2) is 9.79 Å². The second-order valence-electron chi connectivity index (χ2n) is 9.43. The van der Waals surface area contributed by atoms with Crippen molar-refractivity contribution in [2.24, 2.45) is 4.99 Å². The molecule has 0 saturated carbocycles. The van der Waals surface area contributed by atoms with Gasteiger partial charge < -0.3 is 18.9 Å². The first-order chi connectivity index (χ1) is 21.2. The quantitative estimate of drug-likeness (QED) is 0.175. The molecule has 0 amide bonds. The van der Waals surface area contributed by atoms with Crippen molar-refractivity contribution >= 4 is 62.5 Å². The summed E-state index contributed by atoms with van der Waals surface area (Å²) in [5, 5.41) is 1.03. The lowest BCUT2D eigenvalue weighted by molar-refractivity contribution is -0.136. The third-order valence-electron chi connectivity index (χ3n) is 6.66. The zero-order chi connectivity index (χ0) is 31.4. The third kappa shape index (κ3) is 6.58. The Hall–Kier alpha value is -3.57. The lowest BCUT2D eigenvalue weighted by Crippen LogP contribution is -2.39. The summed E-state index contributed by atoms with van der Waals surface area (Å²) in [5.41, 5.74) is 1.86. The minimum atomic E-state index is -0.822. The SMILES string of the molecule is CCOc1ccc([C@@H]2C(C(=O)OC)=CN=c3s/c(=C/c4cc(Cl)cc(Br)c4OCc4ccccc4Cl)c(=O)n32)cc1OCC. The minimum absolute atomic E-state index is 0.199. The van der Waals surface area contributed by atoms with E-state index in [1.807, 2.05) is 32.0 Å². The van der Waals surface area contributed by atoms with E-state index in [9.17, 15) is 9.59 Å². The Balaban J connectivity index is 1.63. The van der Waals surface area contributed by atoms with Crippen LogP contribution in [0.3, 0.4) is 0 Å². The number of carbonyl (C=O) groups is 1. The van der Waals surface area contributed by atoms with Crippen LogP contribution in [0.5, 0.6) is 17.2 Å². The molecule has 1 aliphatic heterocycles. The van der Waals surface area contributed by atoms with E-state index in [2.05, 4.69) is 20.9 Å². The topological polar surface area (TPSA) is 88.4 Å². The molecule has 4 aromatic rings. The van der Waals surface area contributed by atoms with Crippen molar-refractivity contribution in [1.29, 1.82) is 0 Å². The van der Waals surface area contributed by atoms with E-state index in [4.69, 9.17) is 42.1 Å². The Morgan fingerprint density at radius 3 is 2.52 bits per heavy atom. The molecule has 1 atom stereocenters. The zero-order valence-electron chi connectivity index (χ0n) is 23.9. The first-order valence-electron chi connectivity index (χ1n) is 13.6. The number of benzene rings is 3. The number of esters is 1. The van der Waals surface area contributed by atoms with Crippen LogP contribution >= 0.6 is 50.5 Å². The molecule has 0 N–H and O–H groups in total. The van der Waals surface area contributed by atoms with Crippen LogP contribution in [0.25, 0.3) is 6.08 Å². The molecule has 3 aromatic carbocycles. The van der Waals surface area contributed by atoms with Gasteiger partial charge in [0.1, 0.15) is 12.4 Å². The lowest BCUT2D eigenvalue weighted by atomic mass is 9.97. The van der Waals surface area contributed by atoms with Crippen molar-refractivity contribution in [2.45, 2.75) is 26.5 Å². The molecule has 1 aromatic heterocycles. The third-order valence-corrected chi connectivity index (χ3v) is 8.83. The van der Waals surface area contributed by atoms with E-state index in [1.54, 1.807) is 42.5 Å². The molecule has 228 valence electrons. The normalized spacial score (nSPS) is 14.4. The summed E-state index contributed by atoms with van der Waals surface area (Å²) in [6, 6.07) is 15.3. The van der Waals surface area contributed by atoms with Crippen molar-refractivity contribution in [3.8, 4) is 17.2 Å². The lowest BCUT2D eigenvalue weighted by Gasteiger charge is -2.23. The van der Waals surface area contributed by atoms with E-state index in [0.717, 1.165) is 5.56 Å². The summed E-state index contributed by atoms with van der Waals surface area (Å²) in [7, 11) is 1.29. The summed E-state index contributed by atoms with van der Waals surface area (Å²) in [5.74, 6) is 0.943. The predicted molar refractivity (Wildman–Crippen MR) is 175 cm³/mol. The maximum Gasteiger partial charge on any atom is 0.337 e. The number of fused-ring (bicyclic) bond motifs is 1. The van der Waals surface area contributed by atoms with Crippen molar-refractivity contribution in [3.05, 3.63) is 117 Å². The van der Waals surface area contributed by atoms with Crippen LogP contribution < -0.4 is 29.1 Å². The maximum atomic E-state index is 14.1. The first kappa shape index (κ1) is 31.8. The second-order valence-corrected chi connectivity index (χ2v) is 12.1. The number of rotatable bonds is 10. The molecule has 0 radical (unpaired) electrons. The number of hydrogen-bond donors (Lipinski definition) is 0. The minimum Gasteiger partial charge on any atom is -0.490 e. The number of halogens is 3. The largest absolute Gasteiger partial charge is 0.490 e. The summed E-state index contributed by atoms with van der Waals surface area (Å²) in [6.07, 6.45) is 3.14. The standard InChI is InChI=1S/C32H27BrCl2N2O6S/c1-4-41-25-11-10-18(13-26(25)42-5-2)28-22(31(39)40-3)16-36-32-37(28)30(38)27(44-32)14-20-12-21(34)15-23(33)29(20)43-17-19-8-6-7-9-24(19)35/h6-16,28H,4-5,17H2,1-3H3/b27-14+/t28-/m1/s1. The molecule has 5 rings (SSSR count). The van der Waals surface area contributed by atoms with E-state index in [0.29, 0.717) is 65.4 Å². The maximum absolute atomic E-state index is 14.1. The van der Waals surface area contributed by atoms with Crippen LogP contribution in [0.4, 0.5) is 0 Å². The molecule has 0 fully saturated rings. The molecular weight excluding hydrogens is 691 g/mol. The zero-order valence-corrected chi connectivity index (χ0v) is 27.8. The highest BCUT2D eigenvalue weighted by Gasteiger charge is 2.31. The Morgan fingerprint density at radius 1 is 1.05 bits per heavy atom. The van der Waals surface area contributed by atoms with E-state index in [1.165, 1.54) is 29.2 Å². The van der Waals surface area contributed by atoms with Crippen LogP contribution in [0, 0.1) is 0 Å². The number of thiazole rings is 1. The monoisotopic (exact) mass is 716 g/mol. The highest BCUT2D eigenvalue weighted by Crippen LogP contribution is 2.36. The van der Waals surface area contributed by atoms with Gasteiger partial charge >= 0.3 is 5.97 Å². The van der Waals surface area contributed by atoms with Crippen molar-refractivity contribution in [1.82, 2.24) is 4.57 Å². The van der Waals surface area contributed by atoms with Gasteiger partial charge in [-0.3, -0.25) is 9.36 Å². The molecule has 0 aliphatic carbocycles. The molecule has 0 saturated heterocycles. The highest BCUT2D eigenvalue weighted by molar-refractivity contribution is 9.10. The summed E-state index contributed by atoms with van der Waals surface area (Å²) in [4.78, 5) is 31.9. The number of nitrogens with zero attached hydrogens (tertiary/aromatic N) is 2. The van der Waals surface area contributed by atoms with Gasteiger partial charge in [0.2, 0.25) is 0 Å². The van der Waals surface area contributed by atoms with Gasteiger partial charge in [-0.05, 0) is 71.7 Å². The molecule has 8 nitrogen and oxygen atoms in total. The fourth-order valence-electron chi connectivity index (χ4n) is 4.73. The average Bonchev–Trinajstić information content (AvgIpc) is 3.32. The number of aromatic nitrogens is 1. The molecule has 44 heavy (non-hydrogen) atoms. The van der Waals surface area contributed by atoms with Crippen molar-refractivity contribution in [2.75, 3.05) is 20.3 Å². The predicted octanol–water partition coefficient (Wildman–Crippen LogP) is 6.46. The van der Waals surface area contributed by atoms with Crippen LogP contribution in [-0.2, 0) is 16.1 Å². The number of hydrogen-bond acceptors (Lipinski definition) is 8. The molecular formula is C32H27BrCl2N2O6S. The number of methoxy groups -OCH3 is 1. The van der Waals surface area contributed by atoms with Crippen LogP contribution in [0.15, 0.2) is 80.6 Å². The molecule has 0 bridgehead atoms. The average molecular weight is 718 g/mol. The molecule has 0 spiro atoms. The smallest absolute Gasteiger partial charge is 0.337 e. The van der Waals surface area contributed by atoms with Crippen LogP contribution in [0.2, 0.25) is 10.0 Å². The van der Waals surface area contributed by atoms with Gasteiger partial charge in [0.05, 0.1) is 40.9 Å². The van der Waals surface area contributed by atoms with Crippen molar-refractivity contribution in [3.63, 3.8) is 0 Å². The summed E-state index contributed by atoms with van der Waals surface area (Å²) < 4.78 is 25.2. The molecule has 0 unspecified atom stereocenters. The Labute approximate surface area is 275 Å². The number of carbonyl (C=O) groups excluding carboxylic acids is 1. The van der Waals surface area contributed by atoms with Gasteiger partial charge in [0, 0.05) is 27.4 Å². The molecule has 1 aliphatic rings. The van der Waals surface area contributed by atoms with Gasteiger partial charge in [-0.1, -0.05) is 58.8 Å². The van der Waals surface area contributed by atoms with Gasteiger partial charge in [-0.15, -0.1) is 0 Å². The van der Waals surface area contributed by atoms with Gasteiger partial charge in [-0.2, -0.15) is 0 Å². The van der Waals surface area contributed by atoms with Crippen molar-refractivity contribution < 1.29 is 23.7 Å². The summed E-state index contributed by atoms with van der Waals surface area (Å²) >= 11 is 17.5. The Morgan fingerprint density at radius 2 is 1.80 bits per heavy atom. The molecule has 2 heterocycles. The fourth-order valence-corrected chi connectivity index (χ4v) is 6.83. The van der Waals surface area contributed by atoms with E-state index >= 15 is 0 Å². The summed E-state index contributed by atoms with van der Waals surface area (Å²) in [6.45, 7) is 4.80. The number of ether oxygens (including phenoxy) is 4. The Kier molecular flexibility index (Phi) is 10.2. The first-order valence-corrected chi connectivity index (χ1v) is 16.0.